The predicted octanol–water partition coefficient (Wildman–Crippen LogP) is 4.01. The van der Waals surface area contributed by atoms with Gasteiger partial charge in [0.2, 0.25) is 0 Å². The quantitative estimate of drug-likeness (QED) is 0.683. The highest BCUT2D eigenvalue weighted by atomic mass is 19.4. The standard InChI is InChI=1S/C14H11F4NO/c15-11-5-6-12(19)13(7-11)20-8-9-1-3-10(4-2-9)14(16,17)18/h1-7H,8,19H2. The Morgan fingerprint density at radius 2 is 1.65 bits per heavy atom. The molecule has 2 N–H and O–H groups in total. The Morgan fingerprint density at radius 3 is 2.25 bits per heavy atom. The molecule has 2 aromatic rings. The molecule has 20 heavy (non-hydrogen) atoms. The second-order valence-corrected chi connectivity index (χ2v) is 4.17. The molecule has 0 saturated heterocycles. The van der Waals surface area contributed by atoms with Crippen molar-refractivity contribution in [3.8, 4) is 5.75 Å². The molecule has 2 aromatic carbocycles. The van der Waals surface area contributed by atoms with Gasteiger partial charge < -0.3 is 10.5 Å². The van der Waals surface area contributed by atoms with Crippen molar-refractivity contribution in [2.45, 2.75) is 12.8 Å². The van der Waals surface area contributed by atoms with Crippen LogP contribution in [0.4, 0.5) is 23.2 Å². The van der Waals surface area contributed by atoms with Gasteiger partial charge in [0.25, 0.3) is 0 Å². The van der Waals surface area contributed by atoms with Crippen LogP contribution in [0.1, 0.15) is 11.1 Å². The number of benzene rings is 2. The van der Waals surface area contributed by atoms with Gasteiger partial charge >= 0.3 is 6.18 Å². The molecule has 0 spiro atoms. The summed E-state index contributed by atoms with van der Waals surface area (Å²) >= 11 is 0. The first-order valence-electron chi connectivity index (χ1n) is 5.70. The monoisotopic (exact) mass is 285 g/mol. The zero-order valence-corrected chi connectivity index (χ0v) is 10.2. The molecule has 106 valence electrons. The second kappa shape index (κ2) is 5.40. The predicted molar refractivity (Wildman–Crippen MR) is 66.6 cm³/mol. The van der Waals surface area contributed by atoms with Crippen LogP contribution in [0.15, 0.2) is 42.5 Å². The zero-order valence-electron chi connectivity index (χ0n) is 10.2. The third-order valence-electron chi connectivity index (χ3n) is 2.65. The van der Waals surface area contributed by atoms with Crippen LogP contribution >= 0.6 is 0 Å². The summed E-state index contributed by atoms with van der Waals surface area (Å²) in [7, 11) is 0. The molecule has 2 rings (SSSR count). The molecule has 0 heterocycles. The molecular formula is C14H11F4NO. The van der Waals surface area contributed by atoms with Crippen molar-refractivity contribution in [1.82, 2.24) is 0 Å². The number of nitrogens with two attached hydrogens (primary N) is 1. The molecule has 0 aliphatic rings. The summed E-state index contributed by atoms with van der Waals surface area (Å²) in [5.74, 6) is -0.341. The summed E-state index contributed by atoms with van der Waals surface area (Å²) in [5.41, 5.74) is 5.66. The number of nitrogen functional groups attached to an aromatic ring is 1. The average Bonchev–Trinajstić information content (AvgIpc) is 2.39. The Labute approximate surface area is 112 Å². The van der Waals surface area contributed by atoms with Crippen molar-refractivity contribution in [2.24, 2.45) is 0 Å². The third-order valence-corrected chi connectivity index (χ3v) is 2.65. The molecular weight excluding hydrogens is 274 g/mol. The Hall–Kier alpha value is -2.24. The van der Waals surface area contributed by atoms with Gasteiger partial charge in [-0.2, -0.15) is 13.2 Å². The lowest BCUT2D eigenvalue weighted by Crippen LogP contribution is -2.05. The van der Waals surface area contributed by atoms with Gasteiger partial charge in [-0.1, -0.05) is 12.1 Å². The van der Waals surface area contributed by atoms with Crippen LogP contribution in [-0.4, -0.2) is 0 Å². The van der Waals surface area contributed by atoms with Crippen LogP contribution in [0.2, 0.25) is 0 Å². The fraction of sp³-hybridized carbons (Fsp3) is 0.143. The molecule has 0 aliphatic carbocycles. The van der Waals surface area contributed by atoms with Crippen LogP contribution < -0.4 is 10.5 Å². The highest BCUT2D eigenvalue weighted by molar-refractivity contribution is 5.52. The van der Waals surface area contributed by atoms with Gasteiger partial charge in [0.05, 0.1) is 11.3 Å². The lowest BCUT2D eigenvalue weighted by Gasteiger charge is -2.10. The molecule has 0 amide bonds. The normalized spacial score (nSPS) is 11.4. The van der Waals surface area contributed by atoms with Crippen molar-refractivity contribution in [3.05, 3.63) is 59.4 Å². The number of alkyl halides is 3. The van der Waals surface area contributed by atoms with E-state index < -0.39 is 17.6 Å². The van der Waals surface area contributed by atoms with Gasteiger partial charge in [0.1, 0.15) is 18.2 Å². The van der Waals surface area contributed by atoms with E-state index in [1.54, 1.807) is 0 Å². The molecule has 6 heteroatoms. The highest BCUT2D eigenvalue weighted by Crippen LogP contribution is 2.29. The first-order chi connectivity index (χ1) is 9.36. The van der Waals surface area contributed by atoms with E-state index in [0.717, 1.165) is 18.2 Å². The SMILES string of the molecule is Nc1ccc(F)cc1OCc1ccc(C(F)(F)F)cc1. The van der Waals surface area contributed by atoms with Crippen molar-refractivity contribution in [3.63, 3.8) is 0 Å². The van der Waals surface area contributed by atoms with Gasteiger partial charge in [-0.3, -0.25) is 0 Å². The van der Waals surface area contributed by atoms with Crippen LogP contribution in [-0.2, 0) is 12.8 Å². The lowest BCUT2D eigenvalue weighted by atomic mass is 10.1. The Morgan fingerprint density at radius 1 is 1.00 bits per heavy atom. The van der Waals surface area contributed by atoms with E-state index in [2.05, 4.69) is 0 Å². The molecule has 0 aromatic heterocycles. The second-order valence-electron chi connectivity index (χ2n) is 4.17. The number of anilines is 1. The summed E-state index contributed by atoms with van der Waals surface area (Å²) in [4.78, 5) is 0. The summed E-state index contributed by atoms with van der Waals surface area (Å²) in [5, 5.41) is 0. The smallest absolute Gasteiger partial charge is 0.416 e. The third kappa shape index (κ3) is 3.40. The first kappa shape index (κ1) is 14.2. The topological polar surface area (TPSA) is 35.2 Å². The van der Waals surface area contributed by atoms with Crippen LogP contribution in [0.5, 0.6) is 5.75 Å². The fourth-order valence-electron chi connectivity index (χ4n) is 1.58. The van der Waals surface area contributed by atoms with E-state index in [9.17, 15) is 17.6 Å². The van der Waals surface area contributed by atoms with Crippen LogP contribution in [0.3, 0.4) is 0 Å². The van der Waals surface area contributed by atoms with E-state index in [-0.39, 0.29) is 18.0 Å². The summed E-state index contributed by atoms with van der Waals surface area (Å²) in [6, 6.07) is 8.22. The molecule has 0 saturated carbocycles. The van der Waals surface area contributed by atoms with E-state index in [4.69, 9.17) is 10.5 Å². The maximum Gasteiger partial charge on any atom is 0.416 e. The first-order valence-corrected chi connectivity index (χ1v) is 5.70. The van der Waals surface area contributed by atoms with E-state index >= 15 is 0 Å². The fourth-order valence-corrected chi connectivity index (χ4v) is 1.58. The van der Waals surface area contributed by atoms with Crippen LogP contribution in [0.25, 0.3) is 0 Å². The van der Waals surface area contributed by atoms with Crippen molar-refractivity contribution >= 4 is 5.69 Å². The molecule has 0 radical (unpaired) electrons. The molecule has 0 unspecified atom stereocenters. The van der Waals surface area contributed by atoms with Gasteiger partial charge in [-0.05, 0) is 29.8 Å². The van der Waals surface area contributed by atoms with E-state index in [1.165, 1.54) is 24.3 Å². The number of rotatable bonds is 3. The minimum atomic E-state index is -4.37. The Bertz CT molecular complexity index is 593. The number of ether oxygens (including phenoxy) is 1. The summed E-state index contributed by atoms with van der Waals surface area (Å²) in [6.07, 6.45) is -4.37. The average molecular weight is 285 g/mol. The minimum absolute atomic E-state index is 0.00574. The number of hydrogen-bond acceptors (Lipinski definition) is 2. The zero-order chi connectivity index (χ0) is 14.8. The minimum Gasteiger partial charge on any atom is -0.487 e. The molecule has 0 bridgehead atoms. The van der Waals surface area contributed by atoms with Crippen molar-refractivity contribution < 1.29 is 22.3 Å². The van der Waals surface area contributed by atoms with Gasteiger partial charge in [0, 0.05) is 6.07 Å². The van der Waals surface area contributed by atoms with Gasteiger partial charge in [-0.15, -0.1) is 0 Å². The largest absolute Gasteiger partial charge is 0.487 e. The molecule has 0 fully saturated rings. The maximum atomic E-state index is 13.0. The Balaban J connectivity index is 2.06. The van der Waals surface area contributed by atoms with E-state index in [0.29, 0.717) is 5.56 Å². The van der Waals surface area contributed by atoms with Gasteiger partial charge in [0.15, 0.2) is 0 Å². The van der Waals surface area contributed by atoms with Gasteiger partial charge in [-0.25, -0.2) is 4.39 Å². The Kier molecular flexibility index (Phi) is 3.83. The van der Waals surface area contributed by atoms with Crippen LogP contribution in [0, 0.1) is 5.82 Å². The highest BCUT2D eigenvalue weighted by Gasteiger charge is 2.29. The van der Waals surface area contributed by atoms with E-state index in [1.807, 2.05) is 0 Å². The number of hydrogen-bond donors (Lipinski definition) is 1. The summed E-state index contributed by atoms with van der Waals surface area (Å²) in [6.45, 7) is 0.00574. The maximum absolute atomic E-state index is 13.0. The number of halogens is 4. The lowest BCUT2D eigenvalue weighted by molar-refractivity contribution is -0.137. The van der Waals surface area contributed by atoms with Crippen molar-refractivity contribution in [1.29, 1.82) is 0 Å². The summed E-state index contributed by atoms with van der Waals surface area (Å²) < 4.78 is 55.4. The molecule has 0 aliphatic heterocycles. The van der Waals surface area contributed by atoms with Crippen molar-refractivity contribution in [2.75, 3.05) is 5.73 Å². The molecule has 0 atom stereocenters. The molecule has 2 nitrogen and oxygen atoms in total.